The van der Waals surface area contributed by atoms with E-state index in [2.05, 4.69) is 20.3 Å². The van der Waals surface area contributed by atoms with Crippen LogP contribution in [0, 0.1) is 5.92 Å². The van der Waals surface area contributed by atoms with Gasteiger partial charge in [0.05, 0.1) is 12.7 Å². The molecule has 0 aliphatic carbocycles. The largest absolute Gasteiger partial charge is 0.465 e. The summed E-state index contributed by atoms with van der Waals surface area (Å²) in [6.45, 7) is 3.13. The second-order valence-corrected chi connectivity index (χ2v) is 6.91. The van der Waals surface area contributed by atoms with Crippen molar-refractivity contribution in [2.75, 3.05) is 32.1 Å². The molecule has 2 unspecified atom stereocenters. The lowest BCUT2D eigenvalue weighted by molar-refractivity contribution is 0.0600. The van der Waals surface area contributed by atoms with Gasteiger partial charge in [-0.1, -0.05) is 6.42 Å². The summed E-state index contributed by atoms with van der Waals surface area (Å²) in [5, 5.41) is 5.84. The summed E-state index contributed by atoms with van der Waals surface area (Å²) in [4.78, 5) is 26.2. The van der Waals surface area contributed by atoms with Crippen molar-refractivity contribution in [3.05, 3.63) is 29.8 Å². The third kappa shape index (κ3) is 4.51. The number of amides is 2. The fourth-order valence-corrected chi connectivity index (χ4v) is 4.02. The molecule has 2 aliphatic rings. The lowest BCUT2D eigenvalue weighted by Crippen LogP contribution is -2.51. The van der Waals surface area contributed by atoms with Gasteiger partial charge in [0.25, 0.3) is 0 Å². The molecular weight excluding hydrogens is 318 g/mol. The Morgan fingerprint density at radius 3 is 2.64 bits per heavy atom. The number of nitrogens with zero attached hydrogens (tertiary/aromatic N) is 1. The highest BCUT2D eigenvalue weighted by atomic mass is 16.5. The molecule has 6 nitrogen and oxygen atoms in total. The van der Waals surface area contributed by atoms with Crippen molar-refractivity contribution in [3.63, 3.8) is 0 Å². The van der Waals surface area contributed by atoms with Crippen LogP contribution in [0.1, 0.15) is 42.5 Å². The Morgan fingerprint density at radius 2 is 1.88 bits per heavy atom. The number of methoxy groups -OCH3 is 1. The number of anilines is 1. The normalized spacial score (nSPS) is 23.4. The number of fused-ring (bicyclic) bond motifs is 1. The number of hydrogen-bond acceptors (Lipinski definition) is 4. The van der Waals surface area contributed by atoms with E-state index in [1.54, 1.807) is 24.3 Å². The van der Waals surface area contributed by atoms with Crippen LogP contribution in [-0.4, -0.2) is 49.7 Å². The van der Waals surface area contributed by atoms with Crippen LogP contribution >= 0.6 is 0 Å². The Kier molecular flexibility index (Phi) is 5.91. The molecule has 0 bridgehead atoms. The van der Waals surface area contributed by atoms with Gasteiger partial charge in [0, 0.05) is 18.3 Å². The first-order valence-corrected chi connectivity index (χ1v) is 9.14. The Morgan fingerprint density at radius 1 is 1.12 bits per heavy atom. The highest BCUT2D eigenvalue weighted by Crippen LogP contribution is 2.30. The standard InChI is InChI=1S/C19H27N3O3/c1-25-18(23)14-7-9-16(10-8-14)21-19(24)20-13-15-5-4-12-22-11-3-2-6-17(15)22/h7-10,15,17H,2-6,11-13H2,1H3,(H2,20,21,24). The van der Waals surface area contributed by atoms with Crippen molar-refractivity contribution in [3.8, 4) is 0 Å². The summed E-state index contributed by atoms with van der Waals surface area (Å²) in [5.41, 5.74) is 1.13. The predicted octanol–water partition coefficient (Wildman–Crippen LogP) is 2.86. The van der Waals surface area contributed by atoms with E-state index in [1.807, 2.05) is 0 Å². The Bertz CT molecular complexity index is 600. The minimum atomic E-state index is -0.384. The average Bonchev–Trinajstić information content (AvgIpc) is 2.66. The summed E-state index contributed by atoms with van der Waals surface area (Å²) >= 11 is 0. The molecule has 2 N–H and O–H groups in total. The van der Waals surface area contributed by atoms with Gasteiger partial charge in [-0.15, -0.1) is 0 Å². The van der Waals surface area contributed by atoms with Crippen LogP contribution in [0.5, 0.6) is 0 Å². The fraction of sp³-hybridized carbons (Fsp3) is 0.579. The minimum Gasteiger partial charge on any atom is -0.465 e. The Balaban J connectivity index is 1.48. The molecule has 2 atom stereocenters. The van der Waals surface area contributed by atoms with Crippen molar-refractivity contribution >= 4 is 17.7 Å². The maximum Gasteiger partial charge on any atom is 0.337 e. The van der Waals surface area contributed by atoms with Crippen LogP contribution in [-0.2, 0) is 4.74 Å². The minimum absolute atomic E-state index is 0.196. The molecule has 25 heavy (non-hydrogen) atoms. The summed E-state index contributed by atoms with van der Waals surface area (Å²) in [5.74, 6) is 0.159. The van der Waals surface area contributed by atoms with Crippen molar-refractivity contribution in [2.24, 2.45) is 5.92 Å². The Hall–Kier alpha value is -2.08. The summed E-state index contributed by atoms with van der Waals surface area (Å²) in [7, 11) is 1.35. The molecule has 6 heteroatoms. The number of nitrogens with one attached hydrogen (secondary N) is 2. The highest BCUT2D eigenvalue weighted by Gasteiger charge is 2.32. The molecule has 1 aromatic carbocycles. The number of hydrogen-bond donors (Lipinski definition) is 2. The number of benzene rings is 1. The predicted molar refractivity (Wildman–Crippen MR) is 96.7 cm³/mol. The topological polar surface area (TPSA) is 70.7 Å². The molecule has 0 radical (unpaired) electrons. The van der Waals surface area contributed by atoms with E-state index in [-0.39, 0.29) is 12.0 Å². The summed E-state index contributed by atoms with van der Waals surface area (Å²) in [6.07, 6.45) is 6.27. The first-order chi connectivity index (χ1) is 12.2. The molecule has 3 rings (SSSR count). The maximum atomic E-state index is 12.2. The first-order valence-electron chi connectivity index (χ1n) is 9.14. The lowest BCUT2D eigenvalue weighted by Gasteiger charge is -2.44. The van der Waals surface area contributed by atoms with Gasteiger partial charge in [-0.25, -0.2) is 9.59 Å². The maximum absolute atomic E-state index is 12.2. The molecule has 2 amide bonds. The number of piperidine rings is 2. The summed E-state index contributed by atoms with van der Waals surface area (Å²) in [6, 6.07) is 7.12. The van der Waals surface area contributed by atoms with Crippen molar-refractivity contribution < 1.29 is 14.3 Å². The van der Waals surface area contributed by atoms with Crippen molar-refractivity contribution in [1.82, 2.24) is 10.2 Å². The van der Waals surface area contributed by atoms with Crippen molar-refractivity contribution in [1.29, 1.82) is 0 Å². The zero-order valence-corrected chi connectivity index (χ0v) is 14.8. The lowest BCUT2D eigenvalue weighted by atomic mass is 9.83. The highest BCUT2D eigenvalue weighted by molar-refractivity contribution is 5.92. The number of carbonyl (C=O) groups excluding carboxylic acids is 2. The second kappa shape index (κ2) is 8.34. The van der Waals surface area contributed by atoms with Gasteiger partial charge >= 0.3 is 12.0 Å². The molecule has 2 heterocycles. The fourth-order valence-electron chi connectivity index (χ4n) is 4.02. The van der Waals surface area contributed by atoms with Crippen LogP contribution in [0.3, 0.4) is 0 Å². The van der Waals surface area contributed by atoms with Gasteiger partial charge in [-0.2, -0.15) is 0 Å². The molecule has 1 aromatic rings. The molecule has 136 valence electrons. The van der Waals surface area contributed by atoms with Crippen LogP contribution in [0.25, 0.3) is 0 Å². The Labute approximate surface area is 148 Å². The zero-order chi connectivity index (χ0) is 17.6. The van der Waals surface area contributed by atoms with E-state index in [9.17, 15) is 9.59 Å². The van der Waals surface area contributed by atoms with Crippen molar-refractivity contribution in [2.45, 2.75) is 38.1 Å². The number of urea groups is 1. The van der Waals surface area contributed by atoms with E-state index < -0.39 is 0 Å². The van der Waals surface area contributed by atoms with Gasteiger partial charge in [-0.05, 0) is 69.0 Å². The van der Waals surface area contributed by atoms with Crippen LogP contribution in [0.2, 0.25) is 0 Å². The van der Waals surface area contributed by atoms with E-state index in [4.69, 9.17) is 0 Å². The molecular formula is C19H27N3O3. The third-order valence-corrected chi connectivity index (χ3v) is 5.32. The number of rotatable bonds is 4. The smallest absolute Gasteiger partial charge is 0.337 e. The number of esters is 1. The SMILES string of the molecule is COC(=O)c1ccc(NC(=O)NCC2CCCN3CCCCC23)cc1. The number of carbonyl (C=O) groups is 2. The van der Waals surface area contributed by atoms with E-state index >= 15 is 0 Å². The van der Waals surface area contributed by atoms with Gasteiger partial charge in [-0.3, -0.25) is 0 Å². The molecule has 0 aromatic heterocycles. The van der Waals surface area contributed by atoms with Gasteiger partial charge in [0.1, 0.15) is 0 Å². The second-order valence-electron chi connectivity index (χ2n) is 6.91. The quantitative estimate of drug-likeness (QED) is 0.823. The number of ether oxygens (including phenoxy) is 1. The molecule has 0 saturated carbocycles. The van der Waals surface area contributed by atoms with E-state index in [0.717, 1.165) is 0 Å². The van der Waals surface area contributed by atoms with Gasteiger partial charge < -0.3 is 20.3 Å². The van der Waals surface area contributed by atoms with E-state index in [1.165, 1.54) is 52.3 Å². The van der Waals surface area contributed by atoms with Gasteiger partial charge in [0.2, 0.25) is 0 Å². The molecule has 2 aliphatic heterocycles. The average molecular weight is 345 g/mol. The zero-order valence-electron chi connectivity index (χ0n) is 14.8. The first kappa shape index (κ1) is 17.7. The third-order valence-electron chi connectivity index (χ3n) is 5.32. The molecule has 0 spiro atoms. The van der Waals surface area contributed by atoms with E-state index in [0.29, 0.717) is 29.8 Å². The van der Waals surface area contributed by atoms with Crippen LogP contribution in [0.15, 0.2) is 24.3 Å². The summed E-state index contributed by atoms with van der Waals surface area (Å²) < 4.78 is 4.66. The monoisotopic (exact) mass is 345 g/mol. The van der Waals surface area contributed by atoms with Crippen LogP contribution < -0.4 is 10.6 Å². The van der Waals surface area contributed by atoms with Gasteiger partial charge in [0.15, 0.2) is 0 Å². The molecule has 2 fully saturated rings. The van der Waals surface area contributed by atoms with Crippen LogP contribution in [0.4, 0.5) is 10.5 Å². The molecule has 2 saturated heterocycles.